The lowest BCUT2D eigenvalue weighted by Gasteiger charge is -2.24. The van der Waals surface area contributed by atoms with Crippen molar-refractivity contribution in [3.8, 4) is 0 Å². The smallest absolute Gasteiger partial charge is 0.126 e. The van der Waals surface area contributed by atoms with Gasteiger partial charge in [-0.15, -0.1) is 0 Å². The third-order valence-electron chi connectivity index (χ3n) is 3.05. The zero-order valence-electron chi connectivity index (χ0n) is 11.0. The minimum atomic E-state index is -1.14. The summed E-state index contributed by atoms with van der Waals surface area (Å²) in [5, 5.41) is 10.4. The van der Waals surface area contributed by atoms with E-state index in [2.05, 4.69) is 15.9 Å². The Bertz CT molecular complexity index is 611. The Morgan fingerprint density at radius 1 is 1.10 bits per heavy atom. The van der Waals surface area contributed by atoms with Gasteiger partial charge in [-0.05, 0) is 48.4 Å². The van der Waals surface area contributed by atoms with Crippen LogP contribution in [0.3, 0.4) is 0 Å². The highest BCUT2D eigenvalue weighted by atomic mass is 79.9. The highest BCUT2D eigenvalue weighted by Gasteiger charge is 2.23. The number of halogens is 3. The predicted octanol–water partition coefficient (Wildman–Crippen LogP) is 4.26. The Morgan fingerprint density at radius 3 is 2.55 bits per heavy atom. The van der Waals surface area contributed by atoms with Gasteiger partial charge in [-0.2, -0.15) is 0 Å². The fourth-order valence-electron chi connectivity index (χ4n) is 2.24. The van der Waals surface area contributed by atoms with Crippen LogP contribution in [-0.4, -0.2) is 10.7 Å². The molecule has 0 aliphatic rings. The van der Waals surface area contributed by atoms with Gasteiger partial charge in [-0.3, -0.25) is 0 Å². The van der Waals surface area contributed by atoms with E-state index in [0.717, 1.165) is 4.47 Å². The number of hydrogen-bond acceptors (Lipinski definition) is 1. The van der Waals surface area contributed by atoms with Crippen molar-refractivity contribution in [2.45, 2.75) is 25.4 Å². The Hall–Kier alpha value is -1.26. The van der Waals surface area contributed by atoms with Crippen molar-refractivity contribution in [1.29, 1.82) is 0 Å². The maximum atomic E-state index is 13.7. The molecule has 0 saturated carbocycles. The van der Waals surface area contributed by atoms with E-state index in [0.29, 0.717) is 11.1 Å². The lowest BCUT2D eigenvalue weighted by atomic mass is 9.89. The number of rotatable bonds is 4. The van der Waals surface area contributed by atoms with E-state index in [4.69, 9.17) is 0 Å². The summed E-state index contributed by atoms with van der Waals surface area (Å²) in [6.07, 6.45) is 0.422. The molecule has 1 unspecified atom stereocenters. The van der Waals surface area contributed by atoms with Crippen LogP contribution in [0.4, 0.5) is 8.78 Å². The minimum Gasteiger partial charge on any atom is -0.389 e. The van der Waals surface area contributed by atoms with Crippen LogP contribution in [0.15, 0.2) is 46.9 Å². The first kappa shape index (κ1) is 15.1. The molecule has 0 heterocycles. The van der Waals surface area contributed by atoms with E-state index in [1.165, 1.54) is 18.2 Å². The Labute approximate surface area is 125 Å². The van der Waals surface area contributed by atoms with Gasteiger partial charge in [-0.1, -0.05) is 28.1 Å². The summed E-state index contributed by atoms with van der Waals surface area (Å²) in [5.74, 6) is -0.695. The maximum absolute atomic E-state index is 13.7. The highest BCUT2D eigenvalue weighted by Crippen LogP contribution is 2.23. The molecule has 1 nitrogen and oxygen atoms in total. The first-order chi connectivity index (χ1) is 9.35. The normalized spacial score (nSPS) is 14.1. The van der Waals surface area contributed by atoms with Crippen LogP contribution in [0.1, 0.15) is 18.1 Å². The summed E-state index contributed by atoms with van der Waals surface area (Å²) in [6, 6.07) is 10.7. The third kappa shape index (κ3) is 4.12. The van der Waals surface area contributed by atoms with Crippen LogP contribution in [0.2, 0.25) is 0 Å². The molecular weight excluding hydrogens is 326 g/mol. The first-order valence-electron chi connectivity index (χ1n) is 6.26. The summed E-state index contributed by atoms with van der Waals surface area (Å²) in [7, 11) is 0. The third-order valence-corrected chi connectivity index (χ3v) is 3.55. The van der Waals surface area contributed by atoms with E-state index in [1.807, 2.05) is 0 Å². The molecule has 0 bridgehead atoms. The predicted molar refractivity (Wildman–Crippen MR) is 78.5 cm³/mol. The van der Waals surface area contributed by atoms with Crippen molar-refractivity contribution in [3.63, 3.8) is 0 Å². The number of benzene rings is 2. The Morgan fingerprint density at radius 2 is 1.85 bits per heavy atom. The fourth-order valence-corrected chi connectivity index (χ4v) is 2.65. The van der Waals surface area contributed by atoms with Gasteiger partial charge in [0.15, 0.2) is 0 Å². The summed E-state index contributed by atoms with van der Waals surface area (Å²) >= 11 is 3.28. The SMILES string of the molecule is CC(O)(Cc1cccc(F)c1)Cc1cc(Br)ccc1F. The van der Waals surface area contributed by atoms with Gasteiger partial charge in [-0.25, -0.2) is 8.78 Å². The average Bonchev–Trinajstić information content (AvgIpc) is 2.33. The molecule has 0 aliphatic heterocycles. The largest absolute Gasteiger partial charge is 0.389 e. The van der Waals surface area contributed by atoms with Crippen LogP contribution in [0.5, 0.6) is 0 Å². The standard InChI is InChI=1S/C16H15BrF2O/c1-16(20,9-11-3-2-4-14(18)7-11)10-12-8-13(17)5-6-15(12)19/h2-8,20H,9-10H2,1H3. The maximum Gasteiger partial charge on any atom is 0.126 e. The van der Waals surface area contributed by atoms with Crippen LogP contribution < -0.4 is 0 Å². The molecule has 0 amide bonds. The van der Waals surface area contributed by atoms with Crippen molar-refractivity contribution in [2.24, 2.45) is 0 Å². The molecule has 0 aromatic heterocycles. The van der Waals surface area contributed by atoms with E-state index in [-0.39, 0.29) is 24.5 Å². The molecule has 0 spiro atoms. The second-order valence-electron chi connectivity index (χ2n) is 5.22. The van der Waals surface area contributed by atoms with E-state index in [9.17, 15) is 13.9 Å². The average molecular weight is 341 g/mol. The van der Waals surface area contributed by atoms with Crippen molar-refractivity contribution >= 4 is 15.9 Å². The molecule has 2 rings (SSSR count). The molecule has 4 heteroatoms. The van der Waals surface area contributed by atoms with Gasteiger partial charge in [0.2, 0.25) is 0 Å². The van der Waals surface area contributed by atoms with E-state index >= 15 is 0 Å². The van der Waals surface area contributed by atoms with Crippen LogP contribution >= 0.6 is 15.9 Å². The molecule has 1 atom stereocenters. The number of aliphatic hydroxyl groups is 1. The monoisotopic (exact) mass is 340 g/mol. The fraction of sp³-hybridized carbons (Fsp3) is 0.250. The Kier molecular flexibility index (Phi) is 4.55. The molecule has 0 aliphatic carbocycles. The topological polar surface area (TPSA) is 20.2 Å². The van der Waals surface area contributed by atoms with Crippen molar-refractivity contribution in [1.82, 2.24) is 0 Å². The molecule has 0 radical (unpaired) electrons. The molecule has 1 N–H and O–H groups in total. The van der Waals surface area contributed by atoms with Crippen molar-refractivity contribution in [2.75, 3.05) is 0 Å². The van der Waals surface area contributed by atoms with Crippen LogP contribution in [0, 0.1) is 11.6 Å². The molecular formula is C16H15BrF2O. The quantitative estimate of drug-likeness (QED) is 0.881. The molecule has 20 heavy (non-hydrogen) atoms. The van der Waals surface area contributed by atoms with E-state index in [1.54, 1.807) is 31.2 Å². The second kappa shape index (κ2) is 6.02. The zero-order valence-corrected chi connectivity index (χ0v) is 12.6. The summed E-state index contributed by atoms with van der Waals surface area (Å²) in [5.41, 5.74) is -0.0266. The minimum absolute atomic E-state index is 0.161. The number of hydrogen-bond donors (Lipinski definition) is 1. The lowest BCUT2D eigenvalue weighted by molar-refractivity contribution is 0.0598. The lowest BCUT2D eigenvalue weighted by Crippen LogP contribution is -2.30. The molecule has 0 saturated heterocycles. The molecule has 0 fully saturated rings. The van der Waals surface area contributed by atoms with Gasteiger partial charge in [0, 0.05) is 17.3 Å². The van der Waals surface area contributed by atoms with Crippen LogP contribution in [-0.2, 0) is 12.8 Å². The van der Waals surface area contributed by atoms with Crippen molar-refractivity contribution in [3.05, 3.63) is 69.7 Å². The molecule has 2 aromatic carbocycles. The summed E-state index contributed by atoms with van der Waals surface area (Å²) in [4.78, 5) is 0. The van der Waals surface area contributed by atoms with Gasteiger partial charge >= 0.3 is 0 Å². The highest BCUT2D eigenvalue weighted by molar-refractivity contribution is 9.10. The summed E-state index contributed by atoms with van der Waals surface area (Å²) in [6.45, 7) is 1.62. The summed E-state index contributed by atoms with van der Waals surface area (Å²) < 4.78 is 27.6. The van der Waals surface area contributed by atoms with E-state index < -0.39 is 5.60 Å². The van der Waals surface area contributed by atoms with Gasteiger partial charge in [0.25, 0.3) is 0 Å². The molecule has 106 valence electrons. The Balaban J connectivity index is 2.16. The second-order valence-corrected chi connectivity index (χ2v) is 6.13. The van der Waals surface area contributed by atoms with Crippen molar-refractivity contribution < 1.29 is 13.9 Å². The van der Waals surface area contributed by atoms with Gasteiger partial charge < -0.3 is 5.11 Å². The zero-order chi connectivity index (χ0) is 14.8. The first-order valence-corrected chi connectivity index (χ1v) is 7.06. The molecule has 2 aromatic rings. The van der Waals surface area contributed by atoms with Gasteiger partial charge in [0.1, 0.15) is 11.6 Å². The van der Waals surface area contributed by atoms with Crippen LogP contribution in [0.25, 0.3) is 0 Å². The van der Waals surface area contributed by atoms with Gasteiger partial charge in [0.05, 0.1) is 5.60 Å².